The van der Waals surface area contributed by atoms with Crippen LogP contribution < -0.4 is 0 Å². The predicted octanol–water partition coefficient (Wildman–Crippen LogP) is 4.50. The van der Waals surface area contributed by atoms with Crippen LogP contribution in [0.15, 0.2) is 72.9 Å². The first-order chi connectivity index (χ1) is 12.6. The molecule has 128 valence electrons. The van der Waals surface area contributed by atoms with Crippen LogP contribution >= 0.6 is 0 Å². The first-order valence-electron chi connectivity index (χ1n) is 8.47. The van der Waals surface area contributed by atoms with Gasteiger partial charge < -0.3 is 9.67 Å². The van der Waals surface area contributed by atoms with Gasteiger partial charge in [0, 0.05) is 34.8 Å². The van der Waals surface area contributed by atoms with Gasteiger partial charge in [-0.05, 0) is 16.8 Å². The van der Waals surface area contributed by atoms with Gasteiger partial charge in [-0.25, -0.2) is 0 Å². The molecule has 4 aromatic rings. The maximum Gasteiger partial charge on any atom is 0.305 e. The van der Waals surface area contributed by atoms with Crippen LogP contribution in [0, 0.1) is 0 Å². The van der Waals surface area contributed by atoms with Crippen molar-refractivity contribution < 1.29 is 14.7 Å². The molecular weight excluding hydrogens is 326 g/mol. The van der Waals surface area contributed by atoms with E-state index in [0.717, 1.165) is 21.7 Å². The number of hydrogen-bond donors (Lipinski definition) is 1. The summed E-state index contributed by atoms with van der Waals surface area (Å²) in [5, 5.41) is 11.8. The number of aliphatic carboxylic acids is 1. The van der Waals surface area contributed by atoms with Crippen LogP contribution in [0.5, 0.6) is 0 Å². The van der Waals surface area contributed by atoms with E-state index in [0.29, 0.717) is 17.7 Å². The number of carbonyl (C=O) groups is 2. The minimum atomic E-state index is -0.857. The largest absolute Gasteiger partial charge is 0.481 e. The molecular formula is C22H17NO3. The van der Waals surface area contributed by atoms with Gasteiger partial charge in [-0.3, -0.25) is 9.59 Å². The maximum absolute atomic E-state index is 13.3. The summed E-state index contributed by atoms with van der Waals surface area (Å²) in [6.07, 6.45) is 1.79. The summed E-state index contributed by atoms with van der Waals surface area (Å²) in [6.45, 7) is 0.332. The van der Waals surface area contributed by atoms with E-state index in [1.807, 2.05) is 71.3 Å². The summed E-state index contributed by atoms with van der Waals surface area (Å²) in [5.41, 5.74) is 2.13. The Morgan fingerprint density at radius 3 is 2.31 bits per heavy atom. The Morgan fingerprint density at radius 1 is 0.808 bits per heavy atom. The monoisotopic (exact) mass is 343 g/mol. The van der Waals surface area contributed by atoms with Crippen LogP contribution in [-0.2, 0) is 11.3 Å². The van der Waals surface area contributed by atoms with Crippen molar-refractivity contribution in [2.24, 2.45) is 0 Å². The van der Waals surface area contributed by atoms with Gasteiger partial charge in [0.25, 0.3) is 0 Å². The molecule has 4 heteroatoms. The number of benzene rings is 3. The lowest BCUT2D eigenvalue weighted by atomic mass is 9.97. The predicted molar refractivity (Wildman–Crippen MR) is 102 cm³/mol. The molecule has 1 heterocycles. The van der Waals surface area contributed by atoms with Gasteiger partial charge in [-0.1, -0.05) is 60.7 Å². The highest BCUT2D eigenvalue weighted by atomic mass is 16.4. The Kier molecular flexibility index (Phi) is 4.01. The molecule has 0 amide bonds. The molecule has 0 aliphatic rings. The van der Waals surface area contributed by atoms with Gasteiger partial charge in [0.1, 0.15) is 0 Å². The molecule has 0 radical (unpaired) electrons. The molecule has 0 aliphatic carbocycles. The molecule has 0 saturated carbocycles. The van der Waals surface area contributed by atoms with Gasteiger partial charge >= 0.3 is 5.97 Å². The quantitative estimate of drug-likeness (QED) is 0.543. The molecule has 3 aromatic carbocycles. The average Bonchev–Trinajstić information content (AvgIpc) is 3.04. The fourth-order valence-electron chi connectivity index (χ4n) is 3.40. The molecule has 26 heavy (non-hydrogen) atoms. The van der Waals surface area contributed by atoms with E-state index in [1.165, 1.54) is 0 Å². The number of rotatable bonds is 5. The standard InChI is InChI=1S/C22H17NO3/c24-21(25)12-13-23-14-19(17-9-3-4-11-20(17)23)22(26)18-10-5-7-15-6-1-2-8-16(15)18/h1-11,14H,12-13H2,(H,24,25). The average molecular weight is 343 g/mol. The van der Waals surface area contributed by atoms with Crippen molar-refractivity contribution in [1.82, 2.24) is 4.57 Å². The molecule has 4 rings (SSSR count). The van der Waals surface area contributed by atoms with E-state index in [4.69, 9.17) is 5.11 Å². The zero-order valence-electron chi connectivity index (χ0n) is 14.1. The number of fused-ring (bicyclic) bond motifs is 2. The Bertz CT molecular complexity index is 1140. The number of ketones is 1. The topological polar surface area (TPSA) is 59.3 Å². The normalized spacial score (nSPS) is 11.1. The molecule has 0 atom stereocenters. The number of para-hydroxylation sites is 1. The molecule has 0 aliphatic heterocycles. The minimum Gasteiger partial charge on any atom is -0.481 e. The van der Waals surface area contributed by atoms with Gasteiger partial charge in [-0.15, -0.1) is 0 Å². The van der Waals surface area contributed by atoms with Gasteiger partial charge in [0.2, 0.25) is 0 Å². The summed E-state index contributed by atoms with van der Waals surface area (Å²) in [6, 6.07) is 21.1. The second kappa shape index (κ2) is 6.48. The number of carboxylic acids is 1. The highest BCUT2D eigenvalue weighted by molar-refractivity contribution is 6.21. The number of carboxylic acid groups (broad SMARTS) is 1. The lowest BCUT2D eigenvalue weighted by Crippen LogP contribution is -2.04. The van der Waals surface area contributed by atoms with Crippen molar-refractivity contribution in [3.8, 4) is 0 Å². The highest BCUT2D eigenvalue weighted by Gasteiger charge is 2.18. The fourth-order valence-corrected chi connectivity index (χ4v) is 3.40. The zero-order chi connectivity index (χ0) is 18.1. The third-order valence-electron chi connectivity index (χ3n) is 4.63. The van der Waals surface area contributed by atoms with Gasteiger partial charge in [-0.2, -0.15) is 0 Å². The smallest absolute Gasteiger partial charge is 0.305 e. The van der Waals surface area contributed by atoms with Crippen LogP contribution in [0.2, 0.25) is 0 Å². The summed E-state index contributed by atoms with van der Waals surface area (Å²) in [7, 11) is 0. The lowest BCUT2D eigenvalue weighted by Gasteiger charge is -2.05. The molecule has 1 N–H and O–H groups in total. The van der Waals surface area contributed by atoms with Crippen LogP contribution in [0.1, 0.15) is 22.3 Å². The third kappa shape index (κ3) is 2.75. The third-order valence-corrected chi connectivity index (χ3v) is 4.63. The number of hydrogen-bond acceptors (Lipinski definition) is 2. The summed E-state index contributed by atoms with van der Waals surface area (Å²) in [5.74, 6) is -0.906. The molecule has 0 unspecified atom stereocenters. The molecule has 1 aromatic heterocycles. The van der Waals surface area contributed by atoms with Crippen molar-refractivity contribution in [2.75, 3.05) is 0 Å². The van der Waals surface area contributed by atoms with Crippen LogP contribution in [0.3, 0.4) is 0 Å². The fraction of sp³-hybridized carbons (Fsp3) is 0.0909. The Hall–Kier alpha value is -3.40. The second-order valence-corrected chi connectivity index (χ2v) is 6.25. The van der Waals surface area contributed by atoms with Crippen LogP contribution in [0.25, 0.3) is 21.7 Å². The Balaban J connectivity index is 1.85. The van der Waals surface area contributed by atoms with Gasteiger partial charge in [0.15, 0.2) is 5.78 Å². The Labute approximate surface area is 150 Å². The lowest BCUT2D eigenvalue weighted by molar-refractivity contribution is -0.137. The number of aryl methyl sites for hydroxylation is 1. The summed E-state index contributed by atoms with van der Waals surface area (Å²) < 4.78 is 1.85. The summed E-state index contributed by atoms with van der Waals surface area (Å²) in [4.78, 5) is 24.2. The van der Waals surface area contributed by atoms with Crippen LogP contribution in [0.4, 0.5) is 0 Å². The number of nitrogens with zero attached hydrogens (tertiary/aromatic N) is 1. The maximum atomic E-state index is 13.3. The zero-order valence-corrected chi connectivity index (χ0v) is 14.1. The molecule has 0 saturated heterocycles. The van der Waals surface area contributed by atoms with Crippen molar-refractivity contribution in [3.63, 3.8) is 0 Å². The van der Waals surface area contributed by atoms with Crippen molar-refractivity contribution >= 4 is 33.4 Å². The van der Waals surface area contributed by atoms with E-state index in [-0.39, 0.29) is 12.2 Å². The van der Waals surface area contributed by atoms with Crippen molar-refractivity contribution in [2.45, 2.75) is 13.0 Å². The van der Waals surface area contributed by atoms with E-state index >= 15 is 0 Å². The van der Waals surface area contributed by atoms with E-state index in [2.05, 4.69) is 0 Å². The molecule has 0 fully saturated rings. The van der Waals surface area contributed by atoms with E-state index < -0.39 is 5.97 Å². The highest BCUT2D eigenvalue weighted by Crippen LogP contribution is 2.27. The SMILES string of the molecule is O=C(O)CCn1cc(C(=O)c2cccc3ccccc23)c2ccccc21. The second-order valence-electron chi connectivity index (χ2n) is 6.25. The van der Waals surface area contributed by atoms with Crippen molar-refractivity contribution in [3.05, 3.63) is 84.1 Å². The first kappa shape index (κ1) is 16.1. The minimum absolute atomic E-state index is 0.0145. The van der Waals surface area contributed by atoms with E-state index in [1.54, 1.807) is 6.20 Å². The summed E-state index contributed by atoms with van der Waals surface area (Å²) >= 11 is 0. The van der Waals surface area contributed by atoms with Crippen molar-refractivity contribution in [1.29, 1.82) is 0 Å². The molecule has 0 spiro atoms. The number of aromatic nitrogens is 1. The van der Waals surface area contributed by atoms with E-state index in [9.17, 15) is 9.59 Å². The van der Waals surface area contributed by atoms with Crippen LogP contribution in [-0.4, -0.2) is 21.4 Å². The molecule has 0 bridgehead atoms. The first-order valence-corrected chi connectivity index (χ1v) is 8.47. The Morgan fingerprint density at radius 2 is 1.50 bits per heavy atom. The number of carbonyl (C=O) groups excluding carboxylic acids is 1. The molecule has 4 nitrogen and oxygen atoms in total. The van der Waals surface area contributed by atoms with Gasteiger partial charge in [0.05, 0.1) is 6.42 Å².